The number of carbonyl (C=O) groups excluding carboxylic acids is 2. The van der Waals surface area contributed by atoms with Gasteiger partial charge >= 0.3 is 0 Å². The second-order valence-electron chi connectivity index (χ2n) is 17.2. The van der Waals surface area contributed by atoms with Crippen LogP contribution in [-0.4, -0.2) is 82.3 Å². The monoisotopic (exact) mass is 613 g/mol. The van der Waals surface area contributed by atoms with Crippen LogP contribution in [0.5, 0.6) is 0 Å². The third kappa shape index (κ3) is 6.24. The minimum absolute atomic E-state index is 0.0450. The van der Waals surface area contributed by atoms with Crippen molar-refractivity contribution in [2.24, 2.45) is 46.3 Å². The molecule has 10 atom stereocenters. The number of fused-ring (bicyclic) bond motifs is 5. The van der Waals surface area contributed by atoms with E-state index in [0.717, 1.165) is 51.6 Å². The summed E-state index contributed by atoms with van der Waals surface area (Å²) in [4.78, 5) is 31.2. The number of aliphatic hydroxyl groups is 2. The molecule has 0 aromatic rings. The lowest BCUT2D eigenvalue weighted by molar-refractivity contribution is -0.157. The van der Waals surface area contributed by atoms with Crippen molar-refractivity contribution in [3.05, 3.63) is 0 Å². The van der Waals surface area contributed by atoms with E-state index in [1.54, 1.807) is 0 Å². The zero-order valence-electron chi connectivity index (χ0n) is 28.3. The van der Waals surface area contributed by atoms with Crippen LogP contribution in [0, 0.1) is 46.3 Å². The van der Waals surface area contributed by atoms with E-state index < -0.39 is 6.04 Å². The molecule has 1 aliphatic heterocycles. The number of amides is 2. The maximum Gasteiger partial charge on any atom is 0.245 e. The van der Waals surface area contributed by atoms with Crippen LogP contribution in [0.1, 0.15) is 124 Å². The Morgan fingerprint density at radius 3 is 2.27 bits per heavy atom. The highest BCUT2D eigenvalue weighted by molar-refractivity contribution is 5.87. The van der Waals surface area contributed by atoms with Crippen molar-refractivity contribution in [1.29, 1.82) is 0 Å². The SMILES string of the molecule is CC(C)C[C@H](NC(=O)CC1CCCCC1)C(=O)N1CCN([C@H]2C[C@@]3(C)[C@@H](CC[C@@H]4[C@@H]3CC[C@]3(C)[C@@H](O)CC[C@@H]43)C[C@@H]2O)CC1. The molecule has 0 radical (unpaired) electrons. The van der Waals surface area contributed by atoms with E-state index in [-0.39, 0.29) is 40.9 Å². The van der Waals surface area contributed by atoms with Gasteiger partial charge in [0, 0.05) is 38.6 Å². The van der Waals surface area contributed by atoms with Gasteiger partial charge in [0.2, 0.25) is 11.8 Å². The summed E-state index contributed by atoms with van der Waals surface area (Å²) in [7, 11) is 0. The molecule has 250 valence electrons. The lowest BCUT2D eigenvalue weighted by Gasteiger charge is -2.62. The molecule has 5 aliphatic carbocycles. The molecular weight excluding hydrogens is 550 g/mol. The van der Waals surface area contributed by atoms with E-state index in [1.165, 1.54) is 44.9 Å². The van der Waals surface area contributed by atoms with E-state index in [2.05, 4.69) is 37.9 Å². The molecule has 1 heterocycles. The second kappa shape index (κ2) is 13.1. The van der Waals surface area contributed by atoms with Crippen LogP contribution in [0.15, 0.2) is 0 Å². The standard InChI is InChI=1S/C37H63N3O4/c1-24(2)20-30(38-34(43)21-25-8-6-5-7-9-25)35(44)40-18-16-39(17-19-40)31-23-37(4)26(22-32(31)41)10-11-27-28-12-13-33(42)36(28,3)15-14-29(27)37/h24-33,41-42H,5-23H2,1-4H3,(H,38,43)/t26-,27-,28-,29-,30-,31-,32-,33-,36-,37-/m0/s1. The third-order valence-corrected chi connectivity index (χ3v) is 14.3. The molecule has 6 rings (SSSR count). The van der Waals surface area contributed by atoms with Gasteiger partial charge in [0.15, 0.2) is 0 Å². The first kappa shape index (κ1) is 32.7. The van der Waals surface area contributed by atoms with Gasteiger partial charge in [0.25, 0.3) is 0 Å². The van der Waals surface area contributed by atoms with Crippen LogP contribution >= 0.6 is 0 Å². The van der Waals surface area contributed by atoms with Crippen LogP contribution < -0.4 is 5.32 Å². The molecule has 1 saturated heterocycles. The molecule has 0 aromatic heterocycles. The Morgan fingerprint density at radius 2 is 1.57 bits per heavy atom. The molecule has 6 aliphatic rings. The number of nitrogens with zero attached hydrogens (tertiary/aromatic N) is 2. The second-order valence-corrected chi connectivity index (χ2v) is 17.2. The number of rotatable bonds is 7. The van der Waals surface area contributed by atoms with Crippen molar-refractivity contribution in [3.63, 3.8) is 0 Å². The molecule has 3 N–H and O–H groups in total. The van der Waals surface area contributed by atoms with E-state index in [9.17, 15) is 19.8 Å². The van der Waals surface area contributed by atoms with Crippen molar-refractivity contribution >= 4 is 11.8 Å². The average molecular weight is 614 g/mol. The minimum atomic E-state index is -0.442. The molecule has 0 unspecified atom stereocenters. The van der Waals surface area contributed by atoms with Crippen LogP contribution in [0.25, 0.3) is 0 Å². The fourth-order valence-corrected chi connectivity index (χ4v) is 11.7. The fraction of sp³-hybridized carbons (Fsp3) is 0.946. The molecule has 0 spiro atoms. The Bertz CT molecular complexity index is 1020. The number of hydrogen-bond acceptors (Lipinski definition) is 5. The molecule has 44 heavy (non-hydrogen) atoms. The molecule has 2 amide bonds. The lowest BCUT2D eigenvalue weighted by Crippen LogP contribution is -2.63. The summed E-state index contributed by atoms with van der Waals surface area (Å²) in [5, 5.41) is 25.5. The molecule has 0 aromatic carbocycles. The van der Waals surface area contributed by atoms with Gasteiger partial charge < -0.3 is 20.4 Å². The maximum atomic E-state index is 13.8. The summed E-state index contributed by atoms with van der Waals surface area (Å²) < 4.78 is 0. The van der Waals surface area contributed by atoms with Crippen LogP contribution in [0.3, 0.4) is 0 Å². The van der Waals surface area contributed by atoms with Gasteiger partial charge in [0.05, 0.1) is 12.2 Å². The third-order valence-electron chi connectivity index (χ3n) is 14.3. The van der Waals surface area contributed by atoms with Gasteiger partial charge in [-0.25, -0.2) is 0 Å². The molecular formula is C37H63N3O4. The highest BCUT2D eigenvalue weighted by atomic mass is 16.3. The molecule has 7 nitrogen and oxygen atoms in total. The van der Waals surface area contributed by atoms with E-state index in [1.807, 2.05) is 4.90 Å². The number of hydrogen-bond donors (Lipinski definition) is 3. The first-order chi connectivity index (χ1) is 21.0. The zero-order valence-corrected chi connectivity index (χ0v) is 28.3. The Hall–Kier alpha value is -1.18. The predicted molar refractivity (Wildman–Crippen MR) is 174 cm³/mol. The summed E-state index contributed by atoms with van der Waals surface area (Å²) in [6, 6.07) is -0.292. The normalized spacial score (nSPS) is 42.3. The highest BCUT2D eigenvalue weighted by Crippen LogP contribution is 2.66. The molecule has 6 fully saturated rings. The van der Waals surface area contributed by atoms with Gasteiger partial charge in [0.1, 0.15) is 6.04 Å². The molecule has 0 bridgehead atoms. The first-order valence-corrected chi connectivity index (χ1v) is 18.7. The van der Waals surface area contributed by atoms with Gasteiger partial charge in [-0.1, -0.05) is 47.0 Å². The smallest absolute Gasteiger partial charge is 0.245 e. The summed E-state index contributed by atoms with van der Waals surface area (Å²) in [6.07, 6.45) is 15.7. The van der Waals surface area contributed by atoms with Crippen molar-refractivity contribution in [2.75, 3.05) is 26.2 Å². The first-order valence-electron chi connectivity index (χ1n) is 18.7. The van der Waals surface area contributed by atoms with Crippen LogP contribution in [0.4, 0.5) is 0 Å². The topological polar surface area (TPSA) is 93.1 Å². The number of carbonyl (C=O) groups is 2. The fourth-order valence-electron chi connectivity index (χ4n) is 11.7. The summed E-state index contributed by atoms with van der Waals surface area (Å²) in [6.45, 7) is 12.1. The number of nitrogens with one attached hydrogen (secondary N) is 1. The molecule has 7 heteroatoms. The van der Waals surface area contributed by atoms with Crippen LogP contribution in [0.2, 0.25) is 0 Å². The Kier molecular flexibility index (Phi) is 9.78. The maximum absolute atomic E-state index is 13.8. The van der Waals surface area contributed by atoms with Gasteiger partial charge in [-0.05, 0) is 117 Å². The largest absolute Gasteiger partial charge is 0.393 e. The van der Waals surface area contributed by atoms with E-state index in [4.69, 9.17) is 0 Å². The highest BCUT2D eigenvalue weighted by Gasteiger charge is 2.61. The quantitative estimate of drug-likeness (QED) is 0.359. The minimum Gasteiger partial charge on any atom is -0.393 e. The van der Waals surface area contributed by atoms with E-state index in [0.29, 0.717) is 61.4 Å². The van der Waals surface area contributed by atoms with Crippen molar-refractivity contribution in [1.82, 2.24) is 15.1 Å². The number of piperazine rings is 1. The van der Waals surface area contributed by atoms with Crippen molar-refractivity contribution in [3.8, 4) is 0 Å². The van der Waals surface area contributed by atoms with Crippen molar-refractivity contribution in [2.45, 2.75) is 148 Å². The van der Waals surface area contributed by atoms with Gasteiger partial charge in [-0.2, -0.15) is 0 Å². The predicted octanol–water partition coefficient (Wildman–Crippen LogP) is 5.37. The summed E-state index contributed by atoms with van der Waals surface area (Å²) in [5.41, 5.74) is 0.337. The number of aliphatic hydroxyl groups excluding tert-OH is 2. The van der Waals surface area contributed by atoms with Gasteiger partial charge in [-0.3, -0.25) is 14.5 Å². The Morgan fingerprint density at radius 1 is 0.864 bits per heavy atom. The van der Waals surface area contributed by atoms with Gasteiger partial charge in [-0.15, -0.1) is 0 Å². The summed E-state index contributed by atoms with van der Waals surface area (Å²) in [5.74, 6) is 3.55. The van der Waals surface area contributed by atoms with Crippen LogP contribution in [-0.2, 0) is 9.59 Å². The Balaban J connectivity index is 1.07. The lowest BCUT2D eigenvalue weighted by atomic mass is 9.44. The molecule has 5 saturated carbocycles. The Labute approximate surface area is 267 Å². The van der Waals surface area contributed by atoms with E-state index >= 15 is 0 Å². The average Bonchev–Trinajstić information content (AvgIpc) is 3.31. The summed E-state index contributed by atoms with van der Waals surface area (Å²) >= 11 is 0. The zero-order chi connectivity index (χ0) is 31.2. The van der Waals surface area contributed by atoms with Crippen molar-refractivity contribution < 1.29 is 19.8 Å².